The summed E-state index contributed by atoms with van der Waals surface area (Å²) in [6, 6.07) is 9.97. The van der Waals surface area contributed by atoms with Crippen LogP contribution in [0.3, 0.4) is 0 Å². The van der Waals surface area contributed by atoms with Gasteiger partial charge in [0.2, 0.25) is 0 Å². The summed E-state index contributed by atoms with van der Waals surface area (Å²) in [5, 5.41) is 4.54. The van der Waals surface area contributed by atoms with E-state index in [-0.39, 0.29) is 11.9 Å². The van der Waals surface area contributed by atoms with Crippen LogP contribution < -0.4 is 0 Å². The van der Waals surface area contributed by atoms with E-state index in [1.54, 1.807) is 4.68 Å². The highest BCUT2D eigenvalue weighted by molar-refractivity contribution is 6.43. The number of amides is 1. The third kappa shape index (κ3) is 3.20. The Morgan fingerprint density at radius 3 is 2.48 bits per heavy atom. The maximum Gasteiger partial charge on any atom is 0.295 e. The van der Waals surface area contributed by atoms with Crippen molar-refractivity contribution in [3.05, 3.63) is 47.3 Å². The van der Waals surface area contributed by atoms with Gasteiger partial charge in [0.15, 0.2) is 0 Å². The Labute approximate surface area is 160 Å². The van der Waals surface area contributed by atoms with Crippen molar-refractivity contribution >= 4 is 11.7 Å². The highest BCUT2D eigenvalue weighted by Crippen LogP contribution is 2.35. The number of nitrogens with zero attached hydrogens (tertiary/aromatic N) is 3. The zero-order valence-electron chi connectivity index (χ0n) is 16.1. The number of carbonyl (C=O) groups excluding carboxylic acids is 2. The number of aromatic nitrogens is 2. The van der Waals surface area contributed by atoms with Crippen molar-refractivity contribution in [3.63, 3.8) is 0 Å². The van der Waals surface area contributed by atoms with E-state index in [2.05, 4.69) is 5.10 Å². The third-order valence-corrected chi connectivity index (χ3v) is 6.22. The number of benzene rings is 1. The summed E-state index contributed by atoms with van der Waals surface area (Å²) in [5.41, 5.74) is 2.71. The highest BCUT2D eigenvalue weighted by Gasteiger charge is 2.39. The lowest BCUT2D eigenvalue weighted by atomic mass is 9.78. The van der Waals surface area contributed by atoms with Crippen molar-refractivity contribution in [2.24, 2.45) is 5.92 Å². The van der Waals surface area contributed by atoms with Gasteiger partial charge in [-0.2, -0.15) is 5.10 Å². The first-order chi connectivity index (χ1) is 13.1. The molecule has 4 rings (SSSR count). The molecule has 1 saturated heterocycles. The predicted octanol–water partition coefficient (Wildman–Crippen LogP) is 3.85. The summed E-state index contributed by atoms with van der Waals surface area (Å²) in [7, 11) is 0. The van der Waals surface area contributed by atoms with E-state index < -0.39 is 5.78 Å². The lowest BCUT2D eigenvalue weighted by Crippen LogP contribution is -2.51. The maximum absolute atomic E-state index is 13.2. The van der Waals surface area contributed by atoms with Crippen LogP contribution in [0.25, 0.3) is 5.69 Å². The topological polar surface area (TPSA) is 55.2 Å². The first-order valence-corrected chi connectivity index (χ1v) is 10.0. The van der Waals surface area contributed by atoms with E-state index in [4.69, 9.17) is 0 Å². The highest BCUT2D eigenvalue weighted by atomic mass is 16.2. The van der Waals surface area contributed by atoms with Crippen molar-refractivity contribution in [2.75, 3.05) is 6.54 Å². The lowest BCUT2D eigenvalue weighted by Gasteiger charge is -2.43. The number of hydrogen-bond acceptors (Lipinski definition) is 3. The van der Waals surface area contributed by atoms with Crippen LogP contribution in [0.2, 0.25) is 0 Å². The average molecular weight is 365 g/mol. The van der Waals surface area contributed by atoms with Crippen molar-refractivity contribution in [3.8, 4) is 5.69 Å². The summed E-state index contributed by atoms with van der Waals surface area (Å²) >= 11 is 0. The Balaban J connectivity index is 1.63. The van der Waals surface area contributed by atoms with Gasteiger partial charge in [0.05, 0.1) is 22.6 Å². The van der Waals surface area contributed by atoms with Crippen molar-refractivity contribution in [2.45, 2.75) is 58.4 Å². The molecule has 1 aliphatic heterocycles. The molecule has 27 heavy (non-hydrogen) atoms. The Kier molecular flexibility index (Phi) is 4.85. The average Bonchev–Trinajstić information content (AvgIpc) is 3.01. The molecular formula is C22H27N3O2. The summed E-state index contributed by atoms with van der Waals surface area (Å²) in [6.07, 6.45) is 6.81. The number of rotatable bonds is 3. The summed E-state index contributed by atoms with van der Waals surface area (Å²) in [5.74, 6) is -0.178. The van der Waals surface area contributed by atoms with Crippen LogP contribution in [0.15, 0.2) is 30.3 Å². The van der Waals surface area contributed by atoms with Crippen molar-refractivity contribution in [1.29, 1.82) is 0 Å². The summed E-state index contributed by atoms with van der Waals surface area (Å²) in [6.45, 7) is 4.39. The van der Waals surface area contributed by atoms with Gasteiger partial charge < -0.3 is 4.90 Å². The zero-order valence-corrected chi connectivity index (χ0v) is 16.1. The number of para-hydroxylation sites is 1. The minimum atomic E-state index is -0.404. The molecule has 5 heteroatoms. The van der Waals surface area contributed by atoms with Crippen LogP contribution in [0.5, 0.6) is 0 Å². The fourth-order valence-electron chi connectivity index (χ4n) is 4.91. The van der Waals surface area contributed by atoms with E-state index in [1.807, 2.05) is 49.1 Å². The number of likely N-dealkylation sites (tertiary alicyclic amines) is 1. The molecule has 0 radical (unpaired) electrons. The second kappa shape index (κ2) is 7.29. The van der Waals surface area contributed by atoms with Gasteiger partial charge >= 0.3 is 0 Å². The Morgan fingerprint density at radius 1 is 1.00 bits per heavy atom. The molecule has 142 valence electrons. The molecule has 1 aliphatic carbocycles. The van der Waals surface area contributed by atoms with E-state index in [9.17, 15) is 9.59 Å². The molecule has 1 aromatic heterocycles. The molecule has 0 unspecified atom stereocenters. The molecule has 0 N–H and O–H groups in total. The monoisotopic (exact) mass is 365 g/mol. The first-order valence-electron chi connectivity index (χ1n) is 10.0. The van der Waals surface area contributed by atoms with Crippen LogP contribution in [0.1, 0.15) is 60.3 Å². The van der Waals surface area contributed by atoms with Gasteiger partial charge in [0, 0.05) is 12.6 Å². The molecule has 2 aromatic rings. The predicted molar refractivity (Wildman–Crippen MR) is 104 cm³/mol. The summed E-state index contributed by atoms with van der Waals surface area (Å²) < 4.78 is 1.76. The Bertz CT molecular complexity index is 854. The fourth-order valence-corrected chi connectivity index (χ4v) is 4.91. The van der Waals surface area contributed by atoms with Crippen molar-refractivity contribution in [1.82, 2.24) is 14.7 Å². The third-order valence-electron chi connectivity index (χ3n) is 6.22. The van der Waals surface area contributed by atoms with E-state index in [1.165, 1.54) is 19.3 Å². The smallest absolute Gasteiger partial charge is 0.295 e. The van der Waals surface area contributed by atoms with E-state index in [0.29, 0.717) is 23.7 Å². The van der Waals surface area contributed by atoms with Crippen LogP contribution in [0, 0.1) is 19.8 Å². The van der Waals surface area contributed by atoms with Crippen LogP contribution >= 0.6 is 0 Å². The normalized spacial score (nSPS) is 22.4. The minimum absolute atomic E-state index is 0.244. The second-order valence-electron chi connectivity index (χ2n) is 7.87. The zero-order chi connectivity index (χ0) is 19.0. The quantitative estimate of drug-likeness (QED) is 0.613. The van der Waals surface area contributed by atoms with Crippen LogP contribution in [-0.2, 0) is 4.79 Å². The fraction of sp³-hybridized carbons (Fsp3) is 0.500. The maximum atomic E-state index is 13.2. The van der Waals surface area contributed by atoms with Gasteiger partial charge in [-0.05, 0) is 57.6 Å². The standard InChI is InChI=1S/C22H27N3O2/c1-15-20(16(2)25(23-15)18-11-4-3-5-12-18)21(26)22(27)24-14-8-10-17-9-6-7-13-19(17)24/h3-5,11-12,17,19H,6-10,13-14H2,1-2H3/t17-,19+/m1/s1. The first kappa shape index (κ1) is 18.0. The van der Waals surface area contributed by atoms with E-state index in [0.717, 1.165) is 30.6 Å². The second-order valence-corrected chi connectivity index (χ2v) is 7.87. The molecule has 0 spiro atoms. The SMILES string of the molecule is Cc1nn(-c2ccccc2)c(C)c1C(=O)C(=O)N1CCC[C@H]2CCCC[C@@H]21. The number of piperidine rings is 1. The molecular weight excluding hydrogens is 338 g/mol. The number of ketones is 1. The molecule has 2 atom stereocenters. The van der Waals surface area contributed by atoms with Crippen LogP contribution in [-0.4, -0.2) is 39.0 Å². The van der Waals surface area contributed by atoms with Gasteiger partial charge in [-0.15, -0.1) is 0 Å². The summed E-state index contributed by atoms with van der Waals surface area (Å²) in [4.78, 5) is 28.2. The van der Waals surface area contributed by atoms with Gasteiger partial charge in [-0.1, -0.05) is 31.0 Å². The van der Waals surface area contributed by atoms with Gasteiger partial charge in [-0.25, -0.2) is 4.68 Å². The minimum Gasteiger partial charge on any atom is -0.333 e. The molecule has 2 aliphatic rings. The molecule has 1 aromatic carbocycles. The number of carbonyl (C=O) groups is 2. The van der Waals surface area contributed by atoms with E-state index >= 15 is 0 Å². The molecule has 2 fully saturated rings. The molecule has 1 saturated carbocycles. The molecule has 2 heterocycles. The lowest BCUT2D eigenvalue weighted by molar-refractivity contribution is -0.132. The largest absolute Gasteiger partial charge is 0.333 e. The number of Topliss-reactive ketones (excluding diaryl/α,β-unsaturated/α-hetero) is 1. The molecule has 5 nitrogen and oxygen atoms in total. The van der Waals surface area contributed by atoms with Crippen LogP contribution in [0.4, 0.5) is 0 Å². The van der Waals surface area contributed by atoms with Crippen molar-refractivity contribution < 1.29 is 9.59 Å². The number of fused-ring (bicyclic) bond motifs is 1. The Morgan fingerprint density at radius 2 is 1.70 bits per heavy atom. The Hall–Kier alpha value is -2.43. The number of hydrogen-bond donors (Lipinski definition) is 0. The molecule has 1 amide bonds. The molecule has 0 bridgehead atoms. The number of aryl methyl sites for hydroxylation is 1. The van der Waals surface area contributed by atoms with Gasteiger partial charge in [0.25, 0.3) is 11.7 Å². The van der Waals surface area contributed by atoms with Gasteiger partial charge in [0.1, 0.15) is 0 Å². The van der Waals surface area contributed by atoms with Gasteiger partial charge in [-0.3, -0.25) is 9.59 Å².